The fourth-order valence-corrected chi connectivity index (χ4v) is 4.45. The number of likely N-dealkylation sites (tertiary alicyclic amines) is 1. The van der Waals surface area contributed by atoms with E-state index in [1.807, 2.05) is 11.3 Å². The molecule has 0 aromatic carbocycles. The van der Waals surface area contributed by atoms with Crippen LogP contribution < -0.4 is 0 Å². The Hall–Kier alpha value is -1.14. The van der Waals surface area contributed by atoms with Crippen LogP contribution in [0.1, 0.15) is 17.0 Å². The molecule has 0 radical (unpaired) electrons. The van der Waals surface area contributed by atoms with E-state index in [-0.39, 0.29) is 0 Å². The van der Waals surface area contributed by atoms with Gasteiger partial charge in [0.05, 0.1) is 19.8 Å². The van der Waals surface area contributed by atoms with Crippen LogP contribution in [0.5, 0.6) is 0 Å². The molecule has 2 fully saturated rings. The summed E-state index contributed by atoms with van der Waals surface area (Å²) in [7, 11) is 0. The molecule has 0 amide bonds. The molecule has 4 nitrogen and oxygen atoms in total. The normalized spacial score (nSPS) is 23.6. The maximum Gasteiger partial charge on any atom is 0.0594 e. The van der Waals surface area contributed by atoms with Gasteiger partial charge in [0.2, 0.25) is 0 Å². The highest BCUT2D eigenvalue weighted by atomic mass is 32.1. The summed E-state index contributed by atoms with van der Waals surface area (Å²) >= 11 is 1.84. The molecule has 0 aliphatic carbocycles. The van der Waals surface area contributed by atoms with E-state index in [9.17, 15) is 0 Å². The van der Waals surface area contributed by atoms with E-state index in [1.165, 1.54) is 30.1 Å². The quantitative estimate of drug-likeness (QED) is 0.840. The average Bonchev–Trinajstić information content (AvgIpc) is 3.33. The predicted octanol–water partition coefficient (Wildman–Crippen LogP) is 2.50. The van der Waals surface area contributed by atoms with Gasteiger partial charge in [0.25, 0.3) is 0 Å². The van der Waals surface area contributed by atoms with Crippen molar-refractivity contribution >= 4 is 11.3 Å². The zero-order chi connectivity index (χ0) is 15.5. The number of aromatic nitrogens is 1. The summed E-state index contributed by atoms with van der Waals surface area (Å²) in [6, 6.07) is 9.53. The first kappa shape index (κ1) is 15.4. The molecule has 5 heteroatoms. The summed E-state index contributed by atoms with van der Waals surface area (Å²) in [5.41, 5.74) is 1.43. The Kier molecular flexibility index (Phi) is 4.80. The molecule has 124 valence electrons. The Balaban J connectivity index is 1.35. The number of morpholine rings is 1. The Labute approximate surface area is 142 Å². The molecule has 0 saturated carbocycles. The number of hydrogen-bond acceptors (Lipinski definition) is 4. The van der Waals surface area contributed by atoms with Crippen LogP contribution in [0.4, 0.5) is 0 Å². The van der Waals surface area contributed by atoms with Crippen LogP contribution in [0.25, 0.3) is 0 Å². The van der Waals surface area contributed by atoms with Crippen LogP contribution in [-0.4, -0.2) is 59.8 Å². The highest BCUT2D eigenvalue weighted by Gasteiger charge is 2.28. The first-order valence-corrected chi connectivity index (χ1v) is 9.47. The van der Waals surface area contributed by atoms with Crippen LogP contribution >= 0.6 is 11.3 Å². The van der Waals surface area contributed by atoms with Crippen molar-refractivity contribution in [3.8, 4) is 0 Å². The van der Waals surface area contributed by atoms with Gasteiger partial charge in [-0.05, 0) is 30.0 Å². The van der Waals surface area contributed by atoms with Gasteiger partial charge < -0.3 is 9.30 Å². The standard InChI is InChI=1S/C18H25N3OS/c1-3-16(21(6-1)15-18-4-2-12-23-18)13-19-7-5-17(14-19)20-8-10-22-11-9-20/h1-4,6,12,17H,5,7-11,13-15H2. The summed E-state index contributed by atoms with van der Waals surface area (Å²) in [6.45, 7) is 8.50. The van der Waals surface area contributed by atoms with Crippen molar-refractivity contribution in [2.45, 2.75) is 25.6 Å². The zero-order valence-corrected chi connectivity index (χ0v) is 14.4. The lowest BCUT2D eigenvalue weighted by atomic mass is 10.2. The van der Waals surface area contributed by atoms with Gasteiger partial charge >= 0.3 is 0 Å². The molecule has 2 saturated heterocycles. The lowest BCUT2D eigenvalue weighted by Gasteiger charge is -2.32. The van der Waals surface area contributed by atoms with E-state index in [1.54, 1.807) is 0 Å². The zero-order valence-electron chi connectivity index (χ0n) is 13.6. The van der Waals surface area contributed by atoms with Crippen molar-refractivity contribution in [2.24, 2.45) is 0 Å². The van der Waals surface area contributed by atoms with Crippen LogP contribution in [0.2, 0.25) is 0 Å². The van der Waals surface area contributed by atoms with Gasteiger partial charge in [-0.15, -0.1) is 11.3 Å². The summed E-state index contributed by atoms with van der Waals surface area (Å²) in [5.74, 6) is 0. The second-order valence-electron chi connectivity index (χ2n) is 6.53. The first-order valence-electron chi connectivity index (χ1n) is 8.59. The van der Waals surface area contributed by atoms with Crippen molar-refractivity contribution < 1.29 is 4.74 Å². The second-order valence-corrected chi connectivity index (χ2v) is 7.56. The Morgan fingerprint density at radius 1 is 1.09 bits per heavy atom. The molecule has 4 rings (SSSR count). The third kappa shape index (κ3) is 3.69. The highest BCUT2D eigenvalue weighted by Crippen LogP contribution is 2.20. The van der Waals surface area contributed by atoms with E-state index in [0.717, 1.165) is 45.4 Å². The van der Waals surface area contributed by atoms with Gasteiger partial charge in [0.15, 0.2) is 0 Å². The molecule has 2 aliphatic heterocycles. The number of nitrogens with zero attached hydrogens (tertiary/aromatic N) is 3. The number of hydrogen-bond donors (Lipinski definition) is 0. The lowest BCUT2D eigenvalue weighted by Crippen LogP contribution is -2.44. The SMILES string of the molecule is c1csc(Cn2cccc2CN2CCC(N3CCOCC3)C2)c1. The molecule has 2 aromatic heterocycles. The maximum absolute atomic E-state index is 5.48. The maximum atomic E-state index is 5.48. The van der Waals surface area contributed by atoms with Gasteiger partial charge in [-0.1, -0.05) is 6.07 Å². The molecule has 0 N–H and O–H groups in total. The lowest BCUT2D eigenvalue weighted by molar-refractivity contribution is 0.0183. The Morgan fingerprint density at radius 2 is 2.00 bits per heavy atom. The minimum absolute atomic E-state index is 0.722. The molecule has 23 heavy (non-hydrogen) atoms. The molecular weight excluding hydrogens is 306 g/mol. The molecular formula is C18H25N3OS. The van der Waals surface area contributed by atoms with Crippen LogP contribution in [0, 0.1) is 0 Å². The van der Waals surface area contributed by atoms with Crippen LogP contribution in [0.15, 0.2) is 35.8 Å². The minimum atomic E-state index is 0.722. The molecule has 2 aromatic rings. The van der Waals surface area contributed by atoms with Gasteiger partial charge in [-0.2, -0.15) is 0 Å². The van der Waals surface area contributed by atoms with Gasteiger partial charge in [-0.25, -0.2) is 0 Å². The van der Waals surface area contributed by atoms with E-state index >= 15 is 0 Å². The van der Waals surface area contributed by atoms with Gasteiger partial charge in [0, 0.05) is 55.5 Å². The summed E-state index contributed by atoms with van der Waals surface area (Å²) in [6.07, 6.45) is 3.51. The van der Waals surface area contributed by atoms with Crippen LogP contribution in [-0.2, 0) is 17.8 Å². The topological polar surface area (TPSA) is 20.6 Å². The van der Waals surface area contributed by atoms with Crippen molar-refractivity contribution in [1.29, 1.82) is 0 Å². The third-order valence-electron chi connectivity index (χ3n) is 5.02. The Morgan fingerprint density at radius 3 is 2.83 bits per heavy atom. The number of thiophene rings is 1. The molecule has 1 atom stereocenters. The molecule has 4 heterocycles. The van der Waals surface area contributed by atoms with Crippen LogP contribution in [0.3, 0.4) is 0 Å². The minimum Gasteiger partial charge on any atom is -0.379 e. The summed E-state index contributed by atoms with van der Waals surface area (Å²) in [5, 5.41) is 2.16. The monoisotopic (exact) mass is 331 g/mol. The highest BCUT2D eigenvalue weighted by molar-refractivity contribution is 7.09. The summed E-state index contributed by atoms with van der Waals surface area (Å²) < 4.78 is 7.88. The smallest absolute Gasteiger partial charge is 0.0594 e. The van der Waals surface area contributed by atoms with Crippen molar-refractivity contribution in [3.05, 3.63) is 46.4 Å². The van der Waals surface area contributed by atoms with Crippen molar-refractivity contribution in [2.75, 3.05) is 39.4 Å². The van der Waals surface area contributed by atoms with E-state index < -0.39 is 0 Å². The summed E-state index contributed by atoms with van der Waals surface area (Å²) in [4.78, 5) is 6.66. The second kappa shape index (κ2) is 7.18. The molecule has 2 aliphatic rings. The third-order valence-corrected chi connectivity index (χ3v) is 5.89. The fraction of sp³-hybridized carbons (Fsp3) is 0.556. The van der Waals surface area contributed by atoms with Crippen molar-refractivity contribution in [3.63, 3.8) is 0 Å². The molecule has 0 spiro atoms. The largest absolute Gasteiger partial charge is 0.379 e. The van der Waals surface area contributed by atoms with E-state index in [0.29, 0.717) is 0 Å². The molecule has 0 bridgehead atoms. The number of ether oxygens (including phenoxy) is 1. The van der Waals surface area contributed by atoms with Gasteiger partial charge in [-0.3, -0.25) is 9.80 Å². The predicted molar refractivity (Wildman–Crippen MR) is 93.9 cm³/mol. The first-order chi connectivity index (χ1) is 11.4. The average molecular weight is 331 g/mol. The van der Waals surface area contributed by atoms with E-state index in [4.69, 9.17) is 4.74 Å². The van der Waals surface area contributed by atoms with Gasteiger partial charge in [0.1, 0.15) is 0 Å². The Bertz CT molecular complexity index is 604. The molecule has 1 unspecified atom stereocenters. The fourth-order valence-electron chi connectivity index (χ4n) is 3.74. The van der Waals surface area contributed by atoms with E-state index in [2.05, 4.69) is 50.2 Å². The number of rotatable bonds is 5. The van der Waals surface area contributed by atoms with Crippen molar-refractivity contribution in [1.82, 2.24) is 14.4 Å².